The first kappa shape index (κ1) is 13.1. The van der Waals surface area contributed by atoms with Gasteiger partial charge in [0.1, 0.15) is 0 Å². The smallest absolute Gasteiger partial charge is 0.206 e. The van der Waals surface area contributed by atoms with Crippen molar-refractivity contribution in [2.75, 3.05) is 29.4 Å². The largest absolute Gasteiger partial charge is 0.308 e. The lowest BCUT2D eigenvalue weighted by molar-refractivity contribution is 0.100. The molecule has 2 aliphatic rings. The Bertz CT molecular complexity index is 764. The lowest BCUT2D eigenvalue weighted by atomic mass is 10.1. The number of aliphatic imine (C=N–C) groups is 1. The molecule has 4 rings (SSSR count). The van der Waals surface area contributed by atoms with E-state index in [0.717, 1.165) is 41.6 Å². The molecule has 2 aliphatic heterocycles. The van der Waals surface area contributed by atoms with Crippen molar-refractivity contribution in [2.24, 2.45) is 4.99 Å². The molecule has 2 aromatic carbocycles. The number of nitrogens with zero attached hydrogens (tertiary/aromatic N) is 3. The minimum absolute atomic E-state index is 0.117. The van der Waals surface area contributed by atoms with Gasteiger partial charge in [0.2, 0.25) is 5.96 Å². The molecule has 0 unspecified atom stereocenters. The Balaban J connectivity index is 1.65. The fourth-order valence-corrected chi connectivity index (χ4v) is 3.05. The number of hydrogen-bond acceptors (Lipinski definition) is 4. The second-order valence-electron chi connectivity index (χ2n) is 5.70. The van der Waals surface area contributed by atoms with Crippen molar-refractivity contribution in [3.05, 3.63) is 59.7 Å². The van der Waals surface area contributed by atoms with Crippen molar-refractivity contribution in [2.45, 2.75) is 6.92 Å². The van der Waals surface area contributed by atoms with Crippen molar-refractivity contribution in [1.82, 2.24) is 0 Å². The fraction of sp³-hybridized carbons (Fsp3) is 0.222. The number of carbonyl (C=O) groups is 1. The van der Waals surface area contributed by atoms with Gasteiger partial charge in [-0.3, -0.25) is 9.79 Å². The summed E-state index contributed by atoms with van der Waals surface area (Å²) in [5.74, 6) is 1.02. The van der Waals surface area contributed by atoms with Crippen molar-refractivity contribution in [1.29, 1.82) is 0 Å². The average molecular weight is 291 g/mol. The molecule has 0 fully saturated rings. The number of para-hydroxylation sites is 2. The molecule has 0 amide bonds. The predicted octanol–water partition coefficient (Wildman–Crippen LogP) is 2.87. The molecule has 22 heavy (non-hydrogen) atoms. The third kappa shape index (κ3) is 1.99. The molecule has 4 heteroatoms. The minimum atomic E-state index is 0.117. The molecule has 0 saturated heterocycles. The number of Topliss-reactive ketones (excluding diaryl/α,β-unsaturated/α-hetero) is 1. The maximum atomic E-state index is 12.6. The minimum Gasteiger partial charge on any atom is -0.308 e. The number of carbonyl (C=O) groups excluding carboxylic acids is 1. The molecular weight excluding hydrogens is 274 g/mol. The van der Waals surface area contributed by atoms with E-state index in [1.165, 1.54) is 0 Å². The van der Waals surface area contributed by atoms with Crippen LogP contribution in [0.3, 0.4) is 0 Å². The number of hydrogen-bond donors (Lipinski definition) is 0. The molecular formula is C18H17N3O. The maximum absolute atomic E-state index is 12.6. The zero-order chi connectivity index (χ0) is 15.1. The Morgan fingerprint density at radius 2 is 1.82 bits per heavy atom. The van der Waals surface area contributed by atoms with Gasteiger partial charge in [0.15, 0.2) is 5.78 Å². The van der Waals surface area contributed by atoms with Gasteiger partial charge in [-0.1, -0.05) is 42.0 Å². The van der Waals surface area contributed by atoms with Gasteiger partial charge < -0.3 is 9.80 Å². The van der Waals surface area contributed by atoms with Crippen LogP contribution in [0.4, 0.5) is 11.4 Å². The van der Waals surface area contributed by atoms with Gasteiger partial charge in [0.05, 0.1) is 24.5 Å². The predicted molar refractivity (Wildman–Crippen MR) is 88.9 cm³/mol. The molecule has 4 nitrogen and oxygen atoms in total. The topological polar surface area (TPSA) is 35.9 Å². The highest BCUT2D eigenvalue weighted by molar-refractivity contribution is 6.19. The Labute approximate surface area is 129 Å². The standard InChI is InChI=1S/C18H17N3O/c1-13-6-8-14(9-7-13)17(22)12-21-16-5-3-2-4-15(16)20-11-10-19-18(20)21/h2-9H,10-12H2,1H3. The van der Waals surface area contributed by atoms with Crippen LogP contribution >= 0.6 is 0 Å². The summed E-state index contributed by atoms with van der Waals surface area (Å²) in [5, 5.41) is 0. The van der Waals surface area contributed by atoms with Gasteiger partial charge in [0.25, 0.3) is 0 Å². The highest BCUT2D eigenvalue weighted by Crippen LogP contribution is 2.38. The van der Waals surface area contributed by atoms with E-state index in [4.69, 9.17) is 0 Å². The molecule has 0 spiro atoms. The van der Waals surface area contributed by atoms with Crippen LogP contribution in [0.5, 0.6) is 0 Å². The molecule has 110 valence electrons. The van der Waals surface area contributed by atoms with Crippen LogP contribution in [0.25, 0.3) is 0 Å². The Hall–Kier alpha value is -2.62. The van der Waals surface area contributed by atoms with E-state index in [9.17, 15) is 4.79 Å². The third-order valence-electron chi connectivity index (χ3n) is 4.20. The SMILES string of the molecule is Cc1ccc(C(=O)CN2C3=NCCN3c3ccccc32)cc1. The van der Waals surface area contributed by atoms with E-state index in [0.29, 0.717) is 6.54 Å². The molecule has 2 heterocycles. The van der Waals surface area contributed by atoms with Crippen LogP contribution in [0.2, 0.25) is 0 Å². The van der Waals surface area contributed by atoms with E-state index in [1.54, 1.807) is 0 Å². The van der Waals surface area contributed by atoms with Crippen LogP contribution in [0.15, 0.2) is 53.5 Å². The van der Waals surface area contributed by atoms with Crippen molar-refractivity contribution >= 4 is 23.1 Å². The Kier molecular flexibility index (Phi) is 2.96. The second-order valence-corrected chi connectivity index (χ2v) is 5.70. The summed E-state index contributed by atoms with van der Waals surface area (Å²) < 4.78 is 0. The summed E-state index contributed by atoms with van der Waals surface area (Å²) in [6, 6.07) is 15.9. The van der Waals surface area contributed by atoms with E-state index in [-0.39, 0.29) is 5.78 Å². The highest BCUT2D eigenvalue weighted by Gasteiger charge is 2.35. The summed E-state index contributed by atoms with van der Waals surface area (Å²) in [7, 11) is 0. The monoisotopic (exact) mass is 291 g/mol. The number of anilines is 2. The van der Waals surface area contributed by atoms with Crippen molar-refractivity contribution < 1.29 is 4.79 Å². The molecule has 0 N–H and O–H groups in total. The average Bonchev–Trinajstić information content (AvgIpc) is 3.11. The first-order chi connectivity index (χ1) is 10.7. The summed E-state index contributed by atoms with van der Waals surface area (Å²) in [6.45, 7) is 4.03. The first-order valence-electron chi connectivity index (χ1n) is 7.52. The van der Waals surface area contributed by atoms with Gasteiger partial charge in [-0.15, -0.1) is 0 Å². The van der Waals surface area contributed by atoms with Crippen LogP contribution in [0, 0.1) is 6.92 Å². The summed E-state index contributed by atoms with van der Waals surface area (Å²) in [6.07, 6.45) is 0. The van der Waals surface area contributed by atoms with Gasteiger partial charge in [-0.25, -0.2) is 0 Å². The number of benzene rings is 2. The summed E-state index contributed by atoms with van der Waals surface area (Å²) >= 11 is 0. The molecule has 0 bridgehead atoms. The zero-order valence-electron chi connectivity index (χ0n) is 12.5. The van der Waals surface area contributed by atoms with Gasteiger partial charge >= 0.3 is 0 Å². The number of fused-ring (bicyclic) bond motifs is 3. The van der Waals surface area contributed by atoms with Crippen LogP contribution in [-0.2, 0) is 0 Å². The van der Waals surface area contributed by atoms with Crippen molar-refractivity contribution in [3.8, 4) is 0 Å². The van der Waals surface area contributed by atoms with E-state index >= 15 is 0 Å². The molecule has 0 aromatic heterocycles. The number of aryl methyl sites for hydroxylation is 1. The third-order valence-corrected chi connectivity index (χ3v) is 4.20. The Morgan fingerprint density at radius 3 is 2.59 bits per heavy atom. The molecule has 0 aliphatic carbocycles. The quantitative estimate of drug-likeness (QED) is 0.816. The van der Waals surface area contributed by atoms with Crippen molar-refractivity contribution in [3.63, 3.8) is 0 Å². The van der Waals surface area contributed by atoms with E-state index in [2.05, 4.69) is 22.0 Å². The molecule has 0 atom stereocenters. The maximum Gasteiger partial charge on any atom is 0.206 e. The van der Waals surface area contributed by atoms with E-state index in [1.807, 2.05) is 48.2 Å². The molecule has 2 aromatic rings. The number of rotatable bonds is 3. The zero-order valence-corrected chi connectivity index (χ0v) is 12.5. The van der Waals surface area contributed by atoms with Crippen LogP contribution in [0.1, 0.15) is 15.9 Å². The first-order valence-corrected chi connectivity index (χ1v) is 7.52. The summed E-state index contributed by atoms with van der Waals surface area (Å²) in [4.78, 5) is 21.4. The number of guanidine groups is 1. The highest BCUT2D eigenvalue weighted by atomic mass is 16.1. The Morgan fingerprint density at radius 1 is 1.09 bits per heavy atom. The van der Waals surface area contributed by atoms with Crippen LogP contribution < -0.4 is 9.80 Å². The van der Waals surface area contributed by atoms with Crippen LogP contribution in [-0.4, -0.2) is 31.4 Å². The van der Waals surface area contributed by atoms with Gasteiger partial charge in [-0.05, 0) is 19.1 Å². The van der Waals surface area contributed by atoms with Gasteiger partial charge in [0, 0.05) is 12.1 Å². The summed E-state index contributed by atoms with van der Waals surface area (Å²) in [5.41, 5.74) is 4.13. The molecule has 0 saturated carbocycles. The second kappa shape index (κ2) is 4.98. The normalized spacial score (nSPS) is 15.6. The molecule has 0 radical (unpaired) electrons. The fourth-order valence-electron chi connectivity index (χ4n) is 3.05. The van der Waals surface area contributed by atoms with Gasteiger partial charge in [-0.2, -0.15) is 0 Å². The number of ketones is 1. The van der Waals surface area contributed by atoms with E-state index < -0.39 is 0 Å². The lowest BCUT2D eigenvalue weighted by Gasteiger charge is -2.18. The lowest BCUT2D eigenvalue weighted by Crippen LogP contribution is -2.38.